The van der Waals surface area contributed by atoms with Gasteiger partial charge in [-0.05, 0) is 70.0 Å². The SMILES string of the molecule is CCCCC(C(=O)OC1CCCC1)c1cccc2c3ccccc3c3ccccc3c12. The molecule has 2 heteroatoms. The standard InChI is InChI=1S/C29H30O2/c1-2-3-13-27(29(30)31-20-11-4-5-12-20)26-19-10-18-25-23-15-7-6-14-21(23)22-16-8-9-17-24(22)28(25)26/h6-10,14-20,27H,2-5,11-13H2,1H3. The topological polar surface area (TPSA) is 26.3 Å². The second-order valence-corrected chi connectivity index (χ2v) is 8.90. The largest absolute Gasteiger partial charge is 0.462 e. The molecule has 4 aromatic rings. The smallest absolute Gasteiger partial charge is 0.313 e. The van der Waals surface area contributed by atoms with E-state index in [0.29, 0.717) is 0 Å². The molecule has 1 unspecified atom stereocenters. The second kappa shape index (κ2) is 8.70. The lowest BCUT2D eigenvalue weighted by molar-refractivity contribution is -0.150. The van der Waals surface area contributed by atoms with Crippen LogP contribution in [0.5, 0.6) is 0 Å². The minimum atomic E-state index is -0.214. The monoisotopic (exact) mass is 410 g/mol. The third-order valence-corrected chi connectivity index (χ3v) is 6.89. The minimum absolute atomic E-state index is 0.0370. The Morgan fingerprint density at radius 2 is 1.39 bits per heavy atom. The van der Waals surface area contributed by atoms with Gasteiger partial charge in [-0.2, -0.15) is 0 Å². The number of benzene rings is 4. The van der Waals surface area contributed by atoms with Gasteiger partial charge < -0.3 is 4.74 Å². The van der Waals surface area contributed by atoms with Crippen molar-refractivity contribution in [3.05, 3.63) is 72.3 Å². The molecule has 0 aliphatic heterocycles. The first-order valence-corrected chi connectivity index (χ1v) is 11.8. The van der Waals surface area contributed by atoms with Gasteiger partial charge in [-0.25, -0.2) is 0 Å². The summed E-state index contributed by atoms with van der Waals surface area (Å²) in [7, 11) is 0. The lowest BCUT2D eigenvalue weighted by Gasteiger charge is -2.22. The van der Waals surface area contributed by atoms with Gasteiger partial charge in [0.2, 0.25) is 0 Å². The van der Waals surface area contributed by atoms with E-state index in [4.69, 9.17) is 4.74 Å². The summed E-state index contributed by atoms with van der Waals surface area (Å²) in [4.78, 5) is 13.4. The van der Waals surface area contributed by atoms with Gasteiger partial charge in [0, 0.05) is 0 Å². The van der Waals surface area contributed by atoms with Crippen molar-refractivity contribution >= 4 is 38.3 Å². The maximum absolute atomic E-state index is 13.4. The van der Waals surface area contributed by atoms with Gasteiger partial charge in [-0.3, -0.25) is 4.79 Å². The van der Waals surface area contributed by atoms with E-state index in [2.05, 4.69) is 73.7 Å². The van der Waals surface area contributed by atoms with Crippen LogP contribution < -0.4 is 0 Å². The third-order valence-electron chi connectivity index (χ3n) is 6.89. The van der Waals surface area contributed by atoms with Gasteiger partial charge in [0.15, 0.2) is 0 Å². The first-order valence-electron chi connectivity index (χ1n) is 11.8. The van der Waals surface area contributed by atoms with E-state index in [-0.39, 0.29) is 18.0 Å². The van der Waals surface area contributed by atoms with Gasteiger partial charge in [0.05, 0.1) is 5.92 Å². The minimum Gasteiger partial charge on any atom is -0.462 e. The van der Waals surface area contributed by atoms with Crippen molar-refractivity contribution in [2.45, 2.75) is 63.9 Å². The van der Waals surface area contributed by atoms with Crippen molar-refractivity contribution in [3.63, 3.8) is 0 Å². The van der Waals surface area contributed by atoms with Crippen LogP contribution in [0.2, 0.25) is 0 Å². The summed E-state index contributed by atoms with van der Waals surface area (Å²) in [5.74, 6) is -0.251. The zero-order valence-electron chi connectivity index (χ0n) is 18.3. The zero-order chi connectivity index (χ0) is 21.2. The lowest BCUT2D eigenvalue weighted by atomic mass is 9.85. The number of ether oxygens (including phenoxy) is 1. The predicted molar refractivity (Wildman–Crippen MR) is 130 cm³/mol. The van der Waals surface area contributed by atoms with E-state index < -0.39 is 0 Å². The molecule has 0 heterocycles. The number of fused-ring (bicyclic) bond motifs is 6. The average molecular weight is 411 g/mol. The van der Waals surface area contributed by atoms with Gasteiger partial charge in [0.25, 0.3) is 0 Å². The van der Waals surface area contributed by atoms with Gasteiger partial charge in [0.1, 0.15) is 6.10 Å². The molecule has 0 spiro atoms. The van der Waals surface area contributed by atoms with Crippen LogP contribution in [0.3, 0.4) is 0 Å². The molecule has 1 fully saturated rings. The van der Waals surface area contributed by atoms with E-state index in [1.165, 1.54) is 45.2 Å². The summed E-state index contributed by atoms with van der Waals surface area (Å²) in [6, 6.07) is 23.7. The molecule has 0 N–H and O–H groups in total. The highest BCUT2D eigenvalue weighted by Crippen LogP contribution is 2.40. The Labute approximate surface area is 184 Å². The molecule has 0 aromatic heterocycles. The molecule has 0 amide bonds. The van der Waals surface area contributed by atoms with Crippen LogP contribution in [0.4, 0.5) is 0 Å². The Balaban J connectivity index is 1.73. The van der Waals surface area contributed by atoms with E-state index in [9.17, 15) is 4.79 Å². The first kappa shape index (κ1) is 20.1. The van der Waals surface area contributed by atoms with Crippen LogP contribution >= 0.6 is 0 Å². The Kier molecular flexibility index (Phi) is 5.63. The number of carbonyl (C=O) groups excluding carboxylic acids is 1. The van der Waals surface area contributed by atoms with Crippen molar-refractivity contribution in [1.82, 2.24) is 0 Å². The van der Waals surface area contributed by atoms with Crippen molar-refractivity contribution in [1.29, 1.82) is 0 Å². The molecule has 0 bridgehead atoms. The van der Waals surface area contributed by atoms with Gasteiger partial charge in [-0.15, -0.1) is 0 Å². The van der Waals surface area contributed by atoms with Crippen LogP contribution in [-0.2, 0) is 9.53 Å². The van der Waals surface area contributed by atoms with Crippen LogP contribution in [0.25, 0.3) is 32.3 Å². The molecule has 1 saturated carbocycles. The Hall–Kier alpha value is -2.87. The normalized spacial score (nSPS) is 15.6. The number of hydrogen-bond donors (Lipinski definition) is 0. The maximum Gasteiger partial charge on any atom is 0.313 e. The Bertz CT molecular complexity index is 1190. The number of hydrogen-bond acceptors (Lipinski definition) is 2. The third kappa shape index (κ3) is 3.69. The van der Waals surface area contributed by atoms with Crippen LogP contribution in [0, 0.1) is 0 Å². The number of esters is 1. The molecule has 4 aromatic carbocycles. The maximum atomic E-state index is 13.4. The summed E-state index contributed by atoms with van der Waals surface area (Å²) >= 11 is 0. The van der Waals surface area contributed by atoms with Crippen molar-refractivity contribution in [2.24, 2.45) is 0 Å². The van der Waals surface area contributed by atoms with E-state index >= 15 is 0 Å². The molecule has 0 radical (unpaired) electrons. The fraction of sp³-hybridized carbons (Fsp3) is 0.345. The number of rotatable bonds is 6. The molecule has 1 aliphatic rings. The summed E-state index contributed by atoms with van der Waals surface area (Å²) in [6.07, 6.45) is 7.38. The predicted octanol–water partition coefficient (Wildman–Crippen LogP) is 7.91. The van der Waals surface area contributed by atoms with E-state index in [1.807, 2.05) is 0 Å². The molecule has 1 atom stereocenters. The van der Waals surface area contributed by atoms with Crippen LogP contribution in [0.1, 0.15) is 63.4 Å². The molecule has 158 valence electrons. The molecule has 5 rings (SSSR count). The highest BCUT2D eigenvalue weighted by molar-refractivity contribution is 6.26. The first-order chi connectivity index (χ1) is 15.3. The summed E-state index contributed by atoms with van der Waals surface area (Å²) < 4.78 is 6.03. The van der Waals surface area contributed by atoms with Crippen LogP contribution in [0.15, 0.2) is 66.7 Å². The molecular weight excluding hydrogens is 380 g/mol. The summed E-state index contributed by atoms with van der Waals surface area (Å²) in [5.41, 5.74) is 1.12. The highest BCUT2D eigenvalue weighted by Gasteiger charge is 2.28. The van der Waals surface area contributed by atoms with Gasteiger partial charge in [-0.1, -0.05) is 86.5 Å². The number of unbranched alkanes of at least 4 members (excludes halogenated alkanes) is 1. The number of carbonyl (C=O) groups is 1. The second-order valence-electron chi connectivity index (χ2n) is 8.90. The molecule has 2 nitrogen and oxygen atoms in total. The Morgan fingerprint density at radius 1 is 0.839 bits per heavy atom. The van der Waals surface area contributed by atoms with Crippen LogP contribution in [-0.4, -0.2) is 12.1 Å². The fourth-order valence-corrected chi connectivity index (χ4v) is 5.34. The quantitative estimate of drug-likeness (QED) is 0.238. The molecule has 31 heavy (non-hydrogen) atoms. The fourth-order valence-electron chi connectivity index (χ4n) is 5.34. The zero-order valence-corrected chi connectivity index (χ0v) is 18.3. The van der Waals surface area contributed by atoms with E-state index in [1.54, 1.807) is 0 Å². The molecule has 1 aliphatic carbocycles. The summed E-state index contributed by atoms with van der Waals surface area (Å²) in [5, 5.41) is 7.42. The van der Waals surface area contributed by atoms with E-state index in [0.717, 1.165) is 37.7 Å². The highest BCUT2D eigenvalue weighted by atomic mass is 16.5. The van der Waals surface area contributed by atoms with Crippen molar-refractivity contribution < 1.29 is 9.53 Å². The Morgan fingerprint density at radius 3 is 2.00 bits per heavy atom. The van der Waals surface area contributed by atoms with Crippen molar-refractivity contribution in [2.75, 3.05) is 0 Å². The average Bonchev–Trinajstić information content (AvgIpc) is 3.32. The summed E-state index contributed by atoms with van der Waals surface area (Å²) in [6.45, 7) is 2.19. The molecule has 0 saturated heterocycles. The van der Waals surface area contributed by atoms with Gasteiger partial charge >= 0.3 is 5.97 Å². The molecular formula is C29H30O2. The lowest BCUT2D eigenvalue weighted by Crippen LogP contribution is -2.22. The van der Waals surface area contributed by atoms with Crippen molar-refractivity contribution in [3.8, 4) is 0 Å².